The highest BCUT2D eigenvalue weighted by Gasteiger charge is 2.26. The van der Waals surface area contributed by atoms with Crippen LogP contribution in [0.1, 0.15) is 24.5 Å². The molecule has 0 spiro atoms. The van der Waals surface area contributed by atoms with Gasteiger partial charge in [-0.15, -0.1) is 24.0 Å². The Bertz CT molecular complexity index is 549. The minimum absolute atomic E-state index is 0. The van der Waals surface area contributed by atoms with Crippen molar-refractivity contribution in [3.8, 4) is 0 Å². The summed E-state index contributed by atoms with van der Waals surface area (Å²) in [7, 11) is 0. The molecule has 1 heterocycles. The SMILES string of the molecule is CCNC(=NCCC(F)(F)F)NCCN1CCc2ccccc2C1.I. The molecule has 0 atom stereocenters. The fourth-order valence-electron chi connectivity index (χ4n) is 2.71. The number of rotatable bonds is 6. The van der Waals surface area contributed by atoms with Gasteiger partial charge in [0.1, 0.15) is 0 Å². The summed E-state index contributed by atoms with van der Waals surface area (Å²) in [5.74, 6) is 0.444. The Balaban J connectivity index is 0.00000312. The van der Waals surface area contributed by atoms with Crippen molar-refractivity contribution in [2.75, 3.05) is 32.7 Å². The second-order valence-electron chi connectivity index (χ2n) is 5.85. The summed E-state index contributed by atoms with van der Waals surface area (Å²) in [6, 6.07) is 8.44. The molecule has 0 saturated carbocycles. The van der Waals surface area contributed by atoms with Crippen molar-refractivity contribution < 1.29 is 13.2 Å². The van der Waals surface area contributed by atoms with E-state index in [1.54, 1.807) is 0 Å². The number of nitrogens with one attached hydrogen (secondary N) is 2. The standard InChI is InChI=1S/C17H25F3N4.HI/c1-2-21-16(22-9-8-17(18,19)20)23-10-12-24-11-7-14-5-3-4-6-15(14)13-24;/h3-6H,2,7-13H2,1H3,(H2,21,22,23);1H. The molecule has 4 nitrogen and oxygen atoms in total. The van der Waals surface area contributed by atoms with Crippen LogP contribution in [0.15, 0.2) is 29.3 Å². The van der Waals surface area contributed by atoms with Gasteiger partial charge < -0.3 is 10.6 Å². The average Bonchev–Trinajstić information content (AvgIpc) is 2.53. The van der Waals surface area contributed by atoms with Crippen molar-refractivity contribution in [3.05, 3.63) is 35.4 Å². The monoisotopic (exact) mass is 470 g/mol. The van der Waals surface area contributed by atoms with Crippen molar-refractivity contribution in [2.24, 2.45) is 4.99 Å². The van der Waals surface area contributed by atoms with E-state index in [1.165, 1.54) is 11.1 Å². The van der Waals surface area contributed by atoms with Crippen LogP contribution in [0.25, 0.3) is 0 Å². The van der Waals surface area contributed by atoms with Gasteiger partial charge in [-0.05, 0) is 24.5 Å². The first-order chi connectivity index (χ1) is 11.5. The van der Waals surface area contributed by atoms with Crippen LogP contribution in [-0.4, -0.2) is 49.8 Å². The minimum atomic E-state index is -4.16. The number of fused-ring (bicyclic) bond motifs is 1. The van der Waals surface area contributed by atoms with Crippen molar-refractivity contribution in [3.63, 3.8) is 0 Å². The van der Waals surface area contributed by atoms with Gasteiger partial charge in [-0.1, -0.05) is 24.3 Å². The van der Waals surface area contributed by atoms with E-state index in [-0.39, 0.29) is 30.5 Å². The van der Waals surface area contributed by atoms with E-state index < -0.39 is 12.6 Å². The van der Waals surface area contributed by atoms with Crippen LogP contribution in [0, 0.1) is 0 Å². The first kappa shape index (κ1) is 22.0. The molecule has 25 heavy (non-hydrogen) atoms. The van der Waals surface area contributed by atoms with Gasteiger partial charge in [0.2, 0.25) is 0 Å². The summed E-state index contributed by atoms with van der Waals surface area (Å²) >= 11 is 0. The number of nitrogens with zero attached hydrogens (tertiary/aromatic N) is 2. The van der Waals surface area contributed by atoms with E-state index in [1.807, 2.05) is 6.92 Å². The molecule has 142 valence electrons. The van der Waals surface area contributed by atoms with Crippen LogP contribution in [0.5, 0.6) is 0 Å². The molecule has 0 unspecified atom stereocenters. The lowest BCUT2D eigenvalue weighted by molar-refractivity contribution is -0.132. The second kappa shape index (κ2) is 10.8. The van der Waals surface area contributed by atoms with Gasteiger partial charge in [0.25, 0.3) is 0 Å². The molecule has 1 aromatic carbocycles. The lowest BCUT2D eigenvalue weighted by Crippen LogP contribution is -2.42. The Morgan fingerprint density at radius 2 is 1.92 bits per heavy atom. The van der Waals surface area contributed by atoms with Crippen LogP contribution in [0.3, 0.4) is 0 Å². The number of hydrogen-bond donors (Lipinski definition) is 2. The minimum Gasteiger partial charge on any atom is -0.357 e. The summed E-state index contributed by atoms with van der Waals surface area (Å²) < 4.78 is 36.6. The number of halogens is 4. The third-order valence-electron chi connectivity index (χ3n) is 3.94. The van der Waals surface area contributed by atoms with Gasteiger partial charge in [-0.25, -0.2) is 0 Å². The van der Waals surface area contributed by atoms with Gasteiger partial charge in [0.15, 0.2) is 5.96 Å². The molecule has 0 aliphatic carbocycles. The van der Waals surface area contributed by atoms with E-state index in [4.69, 9.17) is 0 Å². The fraction of sp³-hybridized carbons (Fsp3) is 0.588. The first-order valence-electron chi connectivity index (χ1n) is 8.36. The number of hydrogen-bond acceptors (Lipinski definition) is 2. The number of alkyl halides is 3. The van der Waals surface area contributed by atoms with E-state index in [0.29, 0.717) is 19.0 Å². The van der Waals surface area contributed by atoms with Gasteiger partial charge in [0, 0.05) is 32.7 Å². The number of guanidine groups is 1. The van der Waals surface area contributed by atoms with E-state index in [2.05, 4.69) is 44.8 Å². The zero-order valence-electron chi connectivity index (χ0n) is 14.4. The summed E-state index contributed by atoms with van der Waals surface area (Å²) in [5, 5.41) is 6.08. The molecule has 0 bridgehead atoms. The molecule has 0 fully saturated rings. The predicted molar refractivity (Wildman–Crippen MR) is 105 cm³/mol. The Kier molecular flexibility index (Phi) is 9.55. The Hall–Kier alpha value is -1.03. The molecular weight excluding hydrogens is 444 g/mol. The van der Waals surface area contributed by atoms with Gasteiger partial charge in [-0.2, -0.15) is 13.2 Å². The van der Waals surface area contributed by atoms with Gasteiger partial charge in [-0.3, -0.25) is 9.89 Å². The summed E-state index contributed by atoms with van der Waals surface area (Å²) in [4.78, 5) is 6.32. The molecule has 2 rings (SSSR count). The molecular formula is C17H26F3IN4. The highest BCUT2D eigenvalue weighted by atomic mass is 127. The Morgan fingerprint density at radius 3 is 2.60 bits per heavy atom. The fourth-order valence-corrected chi connectivity index (χ4v) is 2.71. The zero-order chi connectivity index (χ0) is 17.4. The van der Waals surface area contributed by atoms with Gasteiger partial charge in [0.05, 0.1) is 13.0 Å². The molecule has 0 saturated heterocycles. The normalized spacial score (nSPS) is 15.3. The summed E-state index contributed by atoms with van der Waals surface area (Å²) in [6.07, 6.45) is -4.02. The lowest BCUT2D eigenvalue weighted by atomic mass is 10.00. The molecule has 0 aromatic heterocycles. The molecule has 1 aromatic rings. The zero-order valence-corrected chi connectivity index (χ0v) is 16.7. The maximum absolute atomic E-state index is 12.2. The Morgan fingerprint density at radius 1 is 1.20 bits per heavy atom. The molecule has 0 amide bonds. The van der Waals surface area contributed by atoms with Crippen LogP contribution >= 0.6 is 24.0 Å². The van der Waals surface area contributed by atoms with Crippen LogP contribution < -0.4 is 10.6 Å². The number of benzene rings is 1. The molecule has 1 aliphatic rings. The van der Waals surface area contributed by atoms with Crippen molar-refractivity contribution >= 4 is 29.9 Å². The summed E-state index contributed by atoms with van der Waals surface area (Å²) in [6.45, 7) is 5.66. The second-order valence-corrected chi connectivity index (χ2v) is 5.85. The highest BCUT2D eigenvalue weighted by Crippen LogP contribution is 2.19. The third kappa shape index (κ3) is 8.26. The van der Waals surface area contributed by atoms with Crippen molar-refractivity contribution in [1.29, 1.82) is 0 Å². The highest BCUT2D eigenvalue weighted by molar-refractivity contribution is 14.0. The quantitative estimate of drug-likeness (QED) is 0.381. The van der Waals surface area contributed by atoms with Gasteiger partial charge >= 0.3 is 6.18 Å². The van der Waals surface area contributed by atoms with Crippen molar-refractivity contribution in [1.82, 2.24) is 15.5 Å². The van der Waals surface area contributed by atoms with E-state index in [9.17, 15) is 13.2 Å². The van der Waals surface area contributed by atoms with Crippen LogP contribution in [0.2, 0.25) is 0 Å². The van der Waals surface area contributed by atoms with Crippen LogP contribution in [-0.2, 0) is 13.0 Å². The molecule has 8 heteroatoms. The number of aliphatic imine (C=N–C) groups is 1. The predicted octanol–water partition coefficient (Wildman–Crippen LogP) is 3.17. The van der Waals surface area contributed by atoms with E-state index in [0.717, 1.165) is 26.1 Å². The molecule has 1 aliphatic heterocycles. The maximum atomic E-state index is 12.2. The molecule has 2 N–H and O–H groups in total. The Labute approximate surface area is 164 Å². The summed E-state index contributed by atoms with van der Waals surface area (Å²) in [5.41, 5.74) is 2.76. The lowest BCUT2D eigenvalue weighted by Gasteiger charge is -2.28. The van der Waals surface area contributed by atoms with Crippen molar-refractivity contribution in [2.45, 2.75) is 32.5 Å². The van der Waals surface area contributed by atoms with Crippen LogP contribution in [0.4, 0.5) is 13.2 Å². The first-order valence-corrected chi connectivity index (χ1v) is 8.36. The largest absolute Gasteiger partial charge is 0.390 e. The topological polar surface area (TPSA) is 39.7 Å². The third-order valence-corrected chi connectivity index (χ3v) is 3.94. The van der Waals surface area contributed by atoms with E-state index >= 15 is 0 Å². The molecule has 0 radical (unpaired) electrons. The smallest absolute Gasteiger partial charge is 0.357 e. The maximum Gasteiger partial charge on any atom is 0.390 e. The average molecular weight is 470 g/mol.